The van der Waals surface area contributed by atoms with Crippen molar-refractivity contribution in [2.45, 2.75) is 155 Å². The Morgan fingerprint density at radius 1 is 0.619 bits per heavy atom. The maximum atomic E-state index is 15.2. The van der Waals surface area contributed by atoms with E-state index in [-0.39, 0.29) is 50.3 Å². The molecule has 3 rings (SSSR count). The zero-order chi connectivity index (χ0) is 48.3. The fourth-order valence-corrected chi connectivity index (χ4v) is 9.33. The molecule has 15 heteroatoms. The van der Waals surface area contributed by atoms with E-state index in [1.807, 2.05) is 45.6 Å². The Hall–Kier alpha value is -3.89. The minimum absolute atomic E-state index is 0.0401. The first-order chi connectivity index (χ1) is 28.6. The fourth-order valence-electron chi connectivity index (χ4n) is 5.88. The number of carbonyl (C=O) groups excluding carboxylic acids is 4. The second-order valence-corrected chi connectivity index (χ2v) is 36.5. The van der Waals surface area contributed by atoms with Crippen LogP contribution in [0.1, 0.15) is 133 Å². The van der Waals surface area contributed by atoms with Crippen LogP contribution in [-0.2, 0) is 46.5 Å². The molecule has 2 N–H and O–H groups in total. The molecule has 13 nitrogen and oxygen atoms in total. The number of benzene rings is 2. The molecule has 0 amide bonds. The average Bonchev–Trinajstić information content (AvgIpc) is 3.07. The van der Waals surface area contributed by atoms with E-state index in [2.05, 4.69) is 75.7 Å². The summed E-state index contributed by atoms with van der Waals surface area (Å²) in [5, 5.41) is 9.11. The topological polar surface area (TPSA) is 151 Å². The van der Waals surface area contributed by atoms with Crippen molar-refractivity contribution < 1.29 is 37.8 Å². The van der Waals surface area contributed by atoms with E-state index < -0.39 is 58.9 Å². The van der Waals surface area contributed by atoms with Gasteiger partial charge in [0.25, 0.3) is 0 Å². The van der Waals surface area contributed by atoms with Crippen molar-refractivity contribution >= 4 is 57.3 Å². The molecule has 0 bridgehead atoms. The number of carbonyl (C=O) groups is 4. The van der Waals surface area contributed by atoms with Gasteiger partial charge in [0.15, 0.2) is 0 Å². The first kappa shape index (κ1) is 55.2. The van der Waals surface area contributed by atoms with Crippen molar-refractivity contribution in [3.05, 3.63) is 64.5 Å². The number of rotatable bonds is 17. The summed E-state index contributed by atoms with van der Waals surface area (Å²) in [4.78, 5) is 61.9. The van der Waals surface area contributed by atoms with Crippen LogP contribution in [0, 0.1) is 17.2 Å². The van der Waals surface area contributed by atoms with Gasteiger partial charge in [-0.3, -0.25) is 9.59 Å². The van der Waals surface area contributed by atoms with Crippen molar-refractivity contribution in [2.75, 3.05) is 26.2 Å². The summed E-state index contributed by atoms with van der Waals surface area (Å²) >= 11 is -2.72. The molecule has 0 radical (unpaired) electrons. The summed E-state index contributed by atoms with van der Waals surface area (Å²) in [6, 6.07) is 10.6. The van der Waals surface area contributed by atoms with Crippen LogP contribution in [0.3, 0.4) is 0 Å². The summed E-state index contributed by atoms with van der Waals surface area (Å²) < 4.78 is 33.0. The SMILES string of the molecule is CC(C)(C)C.CCC(C)C(=O)CN(CC(=O)OC(C)(C)C)Cc1cc(C2=NNC(c3cc(F)cc(CN(CC(=O)OC(C)(C)C)CC(=O)OC(C)(C)C)c3)=NN2)c[c]([Sn]([CH3])([CH3])[CH3])c1. The Bertz CT molecular complexity index is 1930. The van der Waals surface area contributed by atoms with Gasteiger partial charge in [0.2, 0.25) is 0 Å². The standard InChI is InChI=1S/C40H56FN6O7.C5H12.3CH3.Sn/c1-12-26(2)32(48)22-46(23-33(49)52-38(3,4)5)20-27-14-13-15-29(16-27)36-42-44-37(45-43-36)30-17-28(18-31(41)19-30)21-47(24-34(50)53-39(6,7)8)25-35(51)54-40(9,10)11;1-5(2,3)4;;;;/h14-19,26H,12,20-25H2,1-11H3,(H,42,43)(H,44,45);1-4H3;3*1H3;. The third-order valence-corrected chi connectivity index (χ3v) is 14.3. The molecular formula is C48H77FN6O7Sn. The van der Waals surface area contributed by atoms with Crippen LogP contribution in [0.4, 0.5) is 4.39 Å². The van der Waals surface area contributed by atoms with Crippen molar-refractivity contribution in [2.24, 2.45) is 21.5 Å². The monoisotopic (exact) mass is 988 g/mol. The van der Waals surface area contributed by atoms with Gasteiger partial charge in [-0.25, -0.2) is 0 Å². The Kier molecular flexibility index (Phi) is 20.0. The van der Waals surface area contributed by atoms with Gasteiger partial charge in [-0.1, -0.05) is 27.7 Å². The molecular weight excluding hydrogens is 910 g/mol. The van der Waals surface area contributed by atoms with Gasteiger partial charge in [0.05, 0.1) is 13.1 Å². The Morgan fingerprint density at radius 3 is 1.33 bits per heavy atom. The number of hydrogen-bond donors (Lipinski definition) is 2. The van der Waals surface area contributed by atoms with E-state index in [1.165, 1.54) is 15.7 Å². The van der Waals surface area contributed by atoms with Gasteiger partial charge in [-0.2, -0.15) is 0 Å². The predicted molar refractivity (Wildman–Crippen MR) is 253 cm³/mol. The third-order valence-electron chi connectivity index (χ3n) is 8.58. The average molecular weight is 988 g/mol. The molecule has 0 saturated heterocycles. The molecule has 1 heterocycles. The normalized spacial score (nSPS) is 14.0. The molecule has 1 aliphatic rings. The predicted octanol–water partition coefficient (Wildman–Crippen LogP) is 7.88. The number of hydrogen-bond acceptors (Lipinski definition) is 13. The third kappa shape index (κ3) is 23.0. The zero-order valence-electron chi connectivity index (χ0n) is 41.5. The fraction of sp³-hybridized carbons (Fsp3) is 0.625. The number of ketones is 1. The molecule has 2 aromatic rings. The molecule has 0 aromatic heterocycles. The van der Waals surface area contributed by atoms with Crippen LogP contribution < -0.4 is 14.4 Å². The van der Waals surface area contributed by atoms with Gasteiger partial charge in [0, 0.05) is 0 Å². The quantitative estimate of drug-likeness (QED) is 0.0906. The number of nitrogens with one attached hydrogen (secondary N) is 2. The van der Waals surface area contributed by atoms with Crippen molar-refractivity contribution in [1.29, 1.82) is 0 Å². The molecule has 1 unspecified atom stereocenters. The number of amidine groups is 2. The summed E-state index contributed by atoms with van der Waals surface area (Å²) in [7, 11) is 0. The van der Waals surface area contributed by atoms with Gasteiger partial charge >= 0.3 is 265 Å². The van der Waals surface area contributed by atoms with E-state index in [0.29, 0.717) is 35.3 Å². The van der Waals surface area contributed by atoms with Crippen LogP contribution >= 0.6 is 0 Å². The molecule has 63 heavy (non-hydrogen) atoms. The van der Waals surface area contributed by atoms with Crippen LogP contribution in [0.15, 0.2) is 46.6 Å². The van der Waals surface area contributed by atoms with Crippen molar-refractivity contribution in [1.82, 2.24) is 20.7 Å². The van der Waals surface area contributed by atoms with Gasteiger partial charge < -0.3 is 9.47 Å². The van der Waals surface area contributed by atoms with Crippen LogP contribution in [-0.4, -0.2) is 107 Å². The number of halogens is 1. The van der Waals surface area contributed by atoms with Crippen LogP contribution in [0.25, 0.3) is 0 Å². The number of Topliss-reactive ketones (excluding diaryl/α,β-unsaturated/α-hetero) is 1. The first-order valence-corrected chi connectivity index (χ1v) is 31.8. The summed E-state index contributed by atoms with van der Waals surface area (Å²) in [6.07, 6.45) is 0.704. The number of hydrazone groups is 2. The minimum atomic E-state index is -2.72. The Labute approximate surface area is 381 Å². The van der Waals surface area contributed by atoms with Crippen molar-refractivity contribution in [3.63, 3.8) is 0 Å². The van der Waals surface area contributed by atoms with E-state index >= 15 is 4.39 Å². The Morgan fingerprint density at radius 2 is 0.984 bits per heavy atom. The molecule has 2 aromatic carbocycles. The molecule has 1 aliphatic heterocycles. The Balaban J connectivity index is 0.00000257. The van der Waals surface area contributed by atoms with E-state index in [1.54, 1.807) is 52.5 Å². The van der Waals surface area contributed by atoms with E-state index in [9.17, 15) is 19.2 Å². The molecule has 0 fully saturated rings. The molecule has 0 aliphatic carbocycles. The maximum absolute atomic E-state index is 15.2. The summed E-state index contributed by atoms with van der Waals surface area (Å²) in [5.74, 6) is -1.40. The number of esters is 3. The second kappa shape index (κ2) is 22.8. The second-order valence-electron chi connectivity index (χ2n) is 22.0. The van der Waals surface area contributed by atoms with Crippen molar-refractivity contribution in [3.8, 4) is 0 Å². The molecule has 0 saturated carbocycles. The van der Waals surface area contributed by atoms with E-state index in [0.717, 1.165) is 11.1 Å². The van der Waals surface area contributed by atoms with Gasteiger partial charge in [-0.15, -0.1) is 0 Å². The van der Waals surface area contributed by atoms with E-state index in [4.69, 9.17) is 14.2 Å². The molecule has 0 spiro atoms. The van der Waals surface area contributed by atoms with Gasteiger partial charge in [0.1, 0.15) is 11.2 Å². The number of ether oxygens (including phenoxy) is 3. The van der Waals surface area contributed by atoms with Crippen LogP contribution in [0.2, 0.25) is 14.8 Å². The van der Waals surface area contributed by atoms with Crippen LogP contribution in [0.5, 0.6) is 0 Å². The number of nitrogens with zero attached hydrogens (tertiary/aromatic N) is 4. The molecule has 352 valence electrons. The summed E-state index contributed by atoms with van der Waals surface area (Å²) in [6.45, 7) is 28.6. The summed E-state index contributed by atoms with van der Waals surface area (Å²) in [5.41, 5.74) is 6.93. The first-order valence-electron chi connectivity index (χ1n) is 21.8. The molecule has 1 atom stereocenters. The van der Waals surface area contributed by atoms with Gasteiger partial charge in [-0.05, 0) is 47.0 Å². The zero-order valence-corrected chi connectivity index (χ0v) is 44.4.